The quantitative estimate of drug-likeness (QED) is 0.611. The summed E-state index contributed by atoms with van der Waals surface area (Å²) in [5.74, 6) is 0. The Balaban J connectivity index is 2.36. The molecule has 0 radical (unpaired) electrons. The molecule has 0 aliphatic carbocycles. The van der Waals surface area contributed by atoms with Gasteiger partial charge in [-0.3, -0.25) is 0 Å². The van der Waals surface area contributed by atoms with Crippen LogP contribution in [0.15, 0.2) is 24.3 Å². The zero-order chi connectivity index (χ0) is 12.9. The van der Waals surface area contributed by atoms with Crippen molar-refractivity contribution in [2.75, 3.05) is 18.9 Å². The predicted octanol–water partition coefficient (Wildman–Crippen LogP) is 2.75. The third-order valence-corrected chi connectivity index (χ3v) is 2.63. The lowest BCUT2D eigenvalue weighted by Crippen LogP contribution is -2.14. The molecule has 3 nitrogen and oxygen atoms in total. The van der Waals surface area contributed by atoms with Gasteiger partial charge in [0.15, 0.2) is 0 Å². The van der Waals surface area contributed by atoms with Crippen LogP contribution in [-0.2, 0) is 4.74 Å². The van der Waals surface area contributed by atoms with E-state index in [0.717, 1.165) is 12.0 Å². The summed E-state index contributed by atoms with van der Waals surface area (Å²) in [4.78, 5) is 0. The van der Waals surface area contributed by atoms with E-state index in [0.29, 0.717) is 18.9 Å². The number of ether oxygens (including phenoxy) is 1. The van der Waals surface area contributed by atoms with Crippen molar-refractivity contribution in [2.45, 2.75) is 33.3 Å². The van der Waals surface area contributed by atoms with Crippen molar-refractivity contribution in [1.82, 2.24) is 0 Å². The Kier molecular flexibility index (Phi) is 4.97. The van der Waals surface area contributed by atoms with Gasteiger partial charge in [0.25, 0.3) is 0 Å². The van der Waals surface area contributed by atoms with Crippen LogP contribution in [0.2, 0.25) is 0 Å². The normalized spacial score (nSPS) is 13.6. The highest BCUT2D eigenvalue weighted by molar-refractivity contribution is 5.47. The van der Waals surface area contributed by atoms with Crippen LogP contribution in [-0.4, -0.2) is 18.3 Å². The number of para-hydroxylation sites is 1. The van der Waals surface area contributed by atoms with Crippen LogP contribution in [0, 0.1) is 5.41 Å². The minimum absolute atomic E-state index is 0.261. The summed E-state index contributed by atoms with van der Waals surface area (Å²) in [5, 5.41) is 9.93. The second-order valence-corrected chi connectivity index (χ2v) is 5.53. The molecule has 0 aliphatic heterocycles. The average Bonchev–Trinajstić information content (AvgIpc) is 2.23. The molecule has 0 spiro atoms. The molecule has 96 valence electrons. The van der Waals surface area contributed by atoms with Crippen molar-refractivity contribution in [3.63, 3.8) is 0 Å². The minimum atomic E-state index is -0.642. The van der Waals surface area contributed by atoms with E-state index in [2.05, 4.69) is 20.8 Å². The summed E-state index contributed by atoms with van der Waals surface area (Å²) in [6, 6.07) is 7.33. The first kappa shape index (κ1) is 14.0. The first-order valence-corrected chi connectivity index (χ1v) is 6.00. The van der Waals surface area contributed by atoms with E-state index >= 15 is 0 Å². The van der Waals surface area contributed by atoms with Crippen LogP contribution in [0.3, 0.4) is 0 Å². The predicted molar refractivity (Wildman–Crippen MR) is 70.7 cm³/mol. The molecule has 1 rings (SSSR count). The number of hydrogen-bond acceptors (Lipinski definition) is 3. The Morgan fingerprint density at radius 1 is 1.29 bits per heavy atom. The van der Waals surface area contributed by atoms with E-state index in [1.165, 1.54) is 0 Å². The maximum Gasteiger partial charge on any atom is 0.104 e. The number of aliphatic hydroxyl groups excluding tert-OH is 1. The van der Waals surface area contributed by atoms with Crippen LogP contribution in [0.4, 0.5) is 5.69 Å². The van der Waals surface area contributed by atoms with Gasteiger partial charge in [0.05, 0.1) is 6.61 Å². The summed E-state index contributed by atoms with van der Waals surface area (Å²) in [5.41, 5.74) is 7.39. The Bertz CT molecular complexity index is 344. The minimum Gasteiger partial charge on any atom is -0.398 e. The Morgan fingerprint density at radius 2 is 1.94 bits per heavy atom. The van der Waals surface area contributed by atoms with Gasteiger partial charge in [0.1, 0.15) is 6.10 Å². The van der Waals surface area contributed by atoms with Gasteiger partial charge in [-0.25, -0.2) is 0 Å². The highest BCUT2D eigenvalue weighted by Crippen LogP contribution is 2.21. The Morgan fingerprint density at radius 3 is 2.53 bits per heavy atom. The van der Waals surface area contributed by atoms with Gasteiger partial charge in [-0.15, -0.1) is 0 Å². The lowest BCUT2D eigenvalue weighted by Gasteiger charge is -2.19. The van der Waals surface area contributed by atoms with Gasteiger partial charge in [-0.1, -0.05) is 39.0 Å². The summed E-state index contributed by atoms with van der Waals surface area (Å²) < 4.78 is 5.48. The highest BCUT2D eigenvalue weighted by Gasteiger charge is 2.12. The van der Waals surface area contributed by atoms with Crippen molar-refractivity contribution in [1.29, 1.82) is 0 Å². The summed E-state index contributed by atoms with van der Waals surface area (Å²) in [7, 11) is 0. The number of nitrogens with two attached hydrogens (primary N) is 1. The van der Waals surface area contributed by atoms with Gasteiger partial charge in [-0.05, 0) is 17.9 Å². The standard InChI is InChI=1S/C14H23NO2/c1-14(2,3)8-9-17-10-13(16)11-6-4-5-7-12(11)15/h4-7,13,16H,8-10,15H2,1-3H3. The van der Waals surface area contributed by atoms with Crippen LogP contribution >= 0.6 is 0 Å². The van der Waals surface area contributed by atoms with Crippen molar-refractivity contribution in [2.24, 2.45) is 5.41 Å². The van der Waals surface area contributed by atoms with E-state index in [4.69, 9.17) is 10.5 Å². The first-order valence-electron chi connectivity index (χ1n) is 6.00. The van der Waals surface area contributed by atoms with E-state index in [-0.39, 0.29) is 5.41 Å². The van der Waals surface area contributed by atoms with E-state index in [9.17, 15) is 5.11 Å². The molecular formula is C14H23NO2. The summed E-state index contributed by atoms with van der Waals surface area (Å²) in [6.07, 6.45) is 0.334. The number of anilines is 1. The maximum atomic E-state index is 9.93. The molecule has 1 unspecified atom stereocenters. The van der Waals surface area contributed by atoms with E-state index < -0.39 is 6.10 Å². The smallest absolute Gasteiger partial charge is 0.104 e. The molecule has 0 aliphatic rings. The molecule has 0 fully saturated rings. The fraction of sp³-hybridized carbons (Fsp3) is 0.571. The molecule has 0 saturated carbocycles. The lowest BCUT2D eigenvalue weighted by molar-refractivity contribution is 0.0266. The molecule has 3 N–H and O–H groups in total. The van der Waals surface area contributed by atoms with Crippen molar-refractivity contribution < 1.29 is 9.84 Å². The van der Waals surface area contributed by atoms with Crippen LogP contribution in [0.5, 0.6) is 0 Å². The van der Waals surface area contributed by atoms with Crippen LogP contribution < -0.4 is 5.73 Å². The van der Waals surface area contributed by atoms with E-state index in [1.807, 2.05) is 18.2 Å². The summed E-state index contributed by atoms with van der Waals surface area (Å²) in [6.45, 7) is 7.46. The second-order valence-electron chi connectivity index (χ2n) is 5.53. The van der Waals surface area contributed by atoms with Crippen LogP contribution in [0.25, 0.3) is 0 Å². The molecule has 17 heavy (non-hydrogen) atoms. The van der Waals surface area contributed by atoms with Crippen LogP contribution in [0.1, 0.15) is 38.9 Å². The molecule has 0 amide bonds. The number of rotatable bonds is 5. The Hall–Kier alpha value is -1.06. The van der Waals surface area contributed by atoms with E-state index in [1.54, 1.807) is 6.07 Å². The second kappa shape index (κ2) is 6.03. The molecule has 3 heteroatoms. The monoisotopic (exact) mass is 237 g/mol. The van der Waals surface area contributed by atoms with Gasteiger partial charge >= 0.3 is 0 Å². The molecule has 1 atom stereocenters. The molecule has 0 aromatic heterocycles. The third-order valence-electron chi connectivity index (χ3n) is 2.63. The van der Waals surface area contributed by atoms with Gasteiger partial charge in [-0.2, -0.15) is 0 Å². The zero-order valence-electron chi connectivity index (χ0n) is 10.9. The zero-order valence-corrected chi connectivity index (χ0v) is 10.9. The maximum absolute atomic E-state index is 9.93. The topological polar surface area (TPSA) is 55.5 Å². The Labute approximate surface area is 104 Å². The molecule has 0 saturated heterocycles. The van der Waals surface area contributed by atoms with Crippen molar-refractivity contribution in [3.8, 4) is 0 Å². The number of aliphatic hydroxyl groups is 1. The van der Waals surface area contributed by atoms with Crippen molar-refractivity contribution in [3.05, 3.63) is 29.8 Å². The largest absolute Gasteiger partial charge is 0.398 e. The molecular weight excluding hydrogens is 214 g/mol. The number of hydrogen-bond donors (Lipinski definition) is 2. The van der Waals surface area contributed by atoms with Gasteiger partial charge in [0.2, 0.25) is 0 Å². The van der Waals surface area contributed by atoms with Gasteiger partial charge < -0.3 is 15.6 Å². The highest BCUT2D eigenvalue weighted by atomic mass is 16.5. The third kappa shape index (κ3) is 5.20. The number of benzene rings is 1. The van der Waals surface area contributed by atoms with Crippen molar-refractivity contribution >= 4 is 5.69 Å². The SMILES string of the molecule is CC(C)(C)CCOCC(O)c1ccccc1N. The fourth-order valence-corrected chi connectivity index (χ4v) is 1.48. The molecule has 0 bridgehead atoms. The molecule has 1 aromatic carbocycles. The number of nitrogen functional groups attached to an aromatic ring is 1. The summed E-state index contributed by atoms with van der Waals surface area (Å²) >= 11 is 0. The lowest BCUT2D eigenvalue weighted by atomic mass is 9.93. The molecule has 1 aromatic rings. The fourth-order valence-electron chi connectivity index (χ4n) is 1.48. The van der Waals surface area contributed by atoms with Gasteiger partial charge in [0, 0.05) is 17.9 Å². The first-order chi connectivity index (χ1) is 7.90. The average molecular weight is 237 g/mol. The molecule has 0 heterocycles.